The van der Waals surface area contributed by atoms with Crippen LogP contribution in [0.15, 0.2) is 24.3 Å². The Morgan fingerprint density at radius 1 is 1.21 bits per heavy atom. The molecule has 3 heterocycles. The van der Waals surface area contributed by atoms with E-state index in [0.29, 0.717) is 25.0 Å². The number of imidazole rings is 1. The maximum Gasteiger partial charge on any atom is 0.225 e. The molecule has 4 N–H and O–H groups in total. The molecule has 5 rings (SSSR count). The summed E-state index contributed by atoms with van der Waals surface area (Å²) < 4.78 is 0. The van der Waals surface area contributed by atoms with E-state index in [2.05, 4.69) is 26.1 Å². The number of hydrogen-bond donors (Lipinski definition) is 4. The largest absolute Gasteiger partial charge is 0.349 e. The molecule has 3 aliphatic rings. The van der Waals surface area contributed by atoms with Gasteiger partial charge in [-0.1, -0.05) is 25.0 Å². The quantitative estimate of drug-likeness (QED) is 0.632. The normalized spacial score (nSPS) is 30.0. The Bertz CT molecular complexity index is 863. The van der Waals surface area contributed by atoms with E-state index in [9.17, 15) is 9.59 Å². The molecule has 8 heteroatoms. The number of hydrogen-bond acceptors (Lipinski definition) is 5. The predicted octanol–water partition coefficient (Wildman–Crippen LogP) is 1.02. The van der Waals surface area contributed by atoms with Crippen LogP contribution >= 0.6 is 0 Å². The molecule has 2 saturated heterocycles. The molecule has 2 aromatic rings. The molecule has 1 aliphatic carbocycles. The number of benzene rings is 1. The number of hydrazine groups is 1. The molecule has 3 fully saturated rings. The van der Waals surface area contributed by atoms with Crippen molar-refractivity contribution in [1.29, 1.82) is 0 Å². The number of rotatable bonds is 4. The lowest BCUT2D eigenvalue weighted by molar-refractivity contribution is -0.131. The van der Waals surface area contributed by atoms with E-state index < -0.39 is 0 Å². The second kappa shape index (κ2) is 7.18. The third-order valence-electron chi connectivity index (χ3n) is 6.38. The molecule has 148 valence electrons. The maximum atomic E-state index is 12.7. The minimum Gasteiger partial charge on any atom is -0.349 e. The van der Waals surface area contributed by atoms with E-state index >= 15 is 0 Å². The van der Waals surface area contributed by atoms with Gasteiger partial charge in [-0.25, -0.2) is 10.4 Å². The molecule has 8 nitrogen and oxygen atoms in total. The second-order valence-corrected chi connectivity index (χ2v) is 8.15. The molecular formula is C20H26N6O2. The highest BCUT2D eigenvalue weighted by molar-refractivity contribution is 5.89. The predicted molar refractivity (Wildman–Crippen MR) is 104 cm³/mol. The van der Waals surface area contributed by atoms with Crippen molar-refractivity contribution in [1.82, 2.24) is 31.0 Å². The average Bonchev–Trinajstić information content (AvgIpc) is 3.41. The molecule has 1 aromatic heterocycles. The van der Waals surface area contributed by atoms with Gasteiger partial charge in [0, 0.05) is 24.9 Å². The number of carbonyl (C=O) groups excluding carboxylic acids is 2. The molecule has 0 spiro atoms. The van der Waals surface area contributed by atoms with Crippen LogP contribution in [-0.2, 0) is 16.1 Å². The van der Waals surface area contributed by atoms with E-state index in [1.165, 1.54) is 12.8 Å². The average molecular weight is 382 g/mol. The summed E-state index contributed by atoms with van der Waals surface area (Å²) in [6, 6.07) is 8.22. The lowest BCUT2D eigenvalue weighted by Crippen LogP contribution is -2.48. The number of H-pyrrole nitrogens is 1. The number of amides is 2. The summed E-state index contributed by atoms with van der Waals surface area (Å²) in [4.78, 5) is 34.8. The van der Waals surface area contributed by atoms with Crippen LogP contribution in [0.25, 0.3) is 11.0 Å². The van der Waals surface area contributed by atoms with Crippen molar-refractivity contribution in [3.63, 3.8) is 0 Å². The highest BCUT2D eigenvalue weighted by Gasteiger charge is 2.46. The lowest BCUT2D eigenvalue weighted by Gasteiger charge is -2.32. The standard InChI is InChI=1S/C20H26N6O2/c27-18-9-12(11-26(18)19-13-5-1-2-6-14(13)24-25-19)20(28)21-10-17-22-15-7-3-4-8-16(15)23-17/h3-4,7-8,12-14,19,24-25H,1-2,5-6,9-11H2,(H,21,28)(H,22,23). The minimum absolute atomic E-state index is 0.00553. The van der Waals surface area contributed by atoms with E-state index in [1.807, 2.05) is 29.2 Å². The van der Waals surface area contributed by atoms with Crippen molar-refractivity contribution in [2.75, 3.05) is 6.54 Å². The minimum atomic E-state index is -0.304. The van der Waals surface area contributed by atoms with Crippen molar-refractivity contribution in [3.05, 3.63) is 30.1 Å². The van der Waals surface area contributed by atoms with E-state index in [-0.39, 0.29) is 30.3 Å². The summed E-state index contributed by atoms with van der Waals surface area (Å²) >= 11 is 0. The molecule has 0 bridgehead atoms. The number of para-hydroxylation sites is 2. The highest BCUT2D eigenvalue weighted by Crippen LogP contribution is 2.34. The molecule has 1 aromatic carbocycles. The first-order valence-corrected chi connectivity index (χ1v) is 10.2. The first-order chi connectivity index (χ1) is 13.7. The van der Waals surface area contributed by atoms with Gasteiger partial charge in [0.05, 0.1) is 29.7 Å². The van der Waals surface area contributed by atoms with E-state index in [0.717, 1.165) is 29.7 Å². The number of nitrogens with one attached hydrogen (secondary N) is 4. The Morgan fingerprint density at radius 3 is 2.96 bits per heavy atom. The monoisotopic (exact) mass is 382 g/mol. The van der Waals surface area contributed by atoms with E-state index in [1.54, 1.807) is 0 Å². The molecule has 2 amide bonds. The van der Waals surface area contributed by atoms with Crippen LogP contribution in [0, 0.1) is 11.8 Å². The van der Waals surface area contributed by atoms with Gasteiger partial charge in [0.15, 0.2) is 0 Å². The maximum absolute atomic E-state index is 12.7. The van der Waals surface area contributed by atoms with Gasteiger partial charge in [-0.05, 0) is 25.0 Å². The van der Waals surface area contributed by atoms with Gasteiger partial charge in [0.1, 0.15) is 5.82 Å². The van der Waals surface area contributed by atoms with Gasteiger partial charge in [0.2, 0.25) is 11.8 Å². The zero-order chi connectivity index (χ0) is 19.1. The van der Waals surface area contributed by atoms with Crippen molar-refractivity contribution in [2.24, 2.45) is 11.8 Å². The number of fused-ring (bicyclic) bond motifs is 2. The van der Waals surface area contributed by atoms with Gasteiger partial charge in [-0.3, -0.25) is 15.0 Å². The van der Waals surface area contributed by atoms with Crippen LogP contribution in [0.2, 0.25) is 0 Å². The summed E-state index contributed by atoms with van der Waals surface area (Å²) in [5.74, 6) is 0.843. The van der Waals surface area contributed by atoms with Crippen molar-refractivity contribution >= 4 is 22.8 Å². The molecule has 2 aliphatic heterocycles. The van der Waals surface area contributed by atoms with Crippen LogP contribution < -0.4 is 16.2 Å². The van der Waals surface area contributed by atoms with Gasteiger partial charge in [0.25, 0.3) is 0 Å². The summed E-state index contributed by atoms with van der Waals surface area (Å²) in [7, 11) is 0. The molecule has 4 unspecified atom stereocenters. The van der Waals surface area contributed by atoms with Gasteiger partial charge >= 0.3 is 0 Å². The number of likely N-dealkylation sites (tertiary alicyclic amines) is 1. The zero-order valence-electron chi connectivity index (χ0n) is 15.8. The lowest BCUT2D eigenvalue weighted by atomic mass is 9.84. The third kappa shape index (κ3) is 3.16. The van der Waals surface area contributed by atoms with Crippen LogP contribution in [0.5, 0.6) is 0 Å². The summed E-state index contributed by atoms with van der Waals surface area (Å²) in [6.45, 7) is 0.819. The first-order valence-electron chi connectivity index (χ1n) is 10.2. The van der Waals surface area contributed by atoms with Gasteiger partial charge in [-0.2, -0.15) is 0 Å². The Morgan fingerprint density at radius 2 is 2.07 bits per heavy atom. The van der Waals surface area contributed by atoms with Crippen LogP contribution in [0.1, 0.15) is 37.9 Å². The van der Waals surface area contributed by atoms with Gasteiger partial charge < -0.3 is 15.2 Å². The number of aromatic amines is 1. The highest BCUT2D eigenvalue weighted by atomic mass is 16.2. The first kappa shape index (κ1) is 17.6. The molecule has 28 heavy (non-hydrogen) atoms. The zero-order valence-corrected chi connectivity index (χ0v) is 15.8. The molecule has 1 saturated carbocycles. The van der Waals surface area contributed by atoms with Crippen LogP contribution in [-0.4, -0.2) is 45.4 Å². The smallest absolute Gasteiger partial charge is 0.225 e. The Labute approximate surface area is 163 Å². The third-order valence-corrected chi connectivity index (χ3v) is 6.38. The number of aromatic nitrogens is 2. The fourth-order valence-electron chi connectivity index (χ4n) is 4.91. The summed E-state index contributed by atoms with van der Waals surface area (Å²) in [5, 5.41) is 2.94. The number of carbonyl (C=O) groups is 2. The van der Waals surface area contributed by atoms with Crippen LogP contribution in [0.4, 0.5) is 0 Å². The summed E-state index contributed by atoms with van der Waals surface area (Å²) in [5.41, 5.74) is 8.50. The van der Waals surface area contributed by atoms with Crippen molar-refractivity contribution < 1.29 is 9.59 Å². The number of nitrogens with zero attached hydrogens (tertiary/aromatic N) is 2. The SMILES string of the molecule is O=C(NCc1nc2ccccc2[nH]1)C1CC(=O)N(C2NNC3CCCCC32)C1. The molecular weight excluding hydrogens is 356 g/mol. The Balaban J connectivity index is 1.20. The topological polar surface area (TPSA) is 102 Å². The second-order valence-electron chi connectivity index (χ2n) is 8.15. The fraction of sp³-hybridized carbons (Fsp3) is 0.550. The molecule has 0 radical (unpaired) electrons. The van der Waals surface area contributed by atoms with Gasteiger partial charge in [-0.15, -0.1) is 0 Å². The van der Waals surface area contributed by atoms with Crippen molar-refractivity contribution in [2.45, 2.75) is 50.9 Å². The Kier molecular flexibility index (Phi) is 4.52. The Hall–Kier alpha value is -2.45. The molecule has 4 atom stereocenters. The van der Waals surface area contributed by atoms with Crippen molar-refractivity contribution in [3.8, 4) is 0 Å². The fourth-order valence-corrected chi connectivity index (χ4v) is 4.91. The van der Waals surface area contributed by atoms with E-state index in [4.69, 9.17) is 0 Å². The van der Waals surface area contributed by atoms with Crippen LogP contribution in [0.3, 0.4) is 0 Å². The summed E-state index contributed by atoms with van der Waals surface area (Å²) in [6.07, 6.45) is 5.01.